The molecule has 0 bridgehead atoms. The number of Topliss-reactive ketones (excluding diaryl/α,β-unsaturated/α-hetero) is 1. The summed E-state index contributed by atoms with van der Waals surface area (Å²) in [5.41, 5.74) is 1.52. The van der Waals surface area contributed by atoms with Crippen molar-refractivity contribution >= 4 is 18.0 Å². The van der Waals surface area contributed by atoms with E-state index in [1.165, 1.54) is 0 Å². The lowest BCUT2D eigenvalue weighted by Gasteiger charge is -2.10. The van der Waals surface area contributed by atoms with E-state index in [2.05, 4.69) is 0 Å². The number of hydrogen-bond donors (Lipinski definition) is 0. The lowest BCUT2D eigenvalue weighted by Crippen LogP contribution is -2.08. The van der Waals surface area contributed by atoms with E-state index in [1.807, 2.05) is 12.1 Å². The van der Waals surface area contributed by atoms with Crippen molar-refractivity contribution in [1.29, 1.82) is 0 Å². The van der Waals surface area contributed by atoms with Crippen LogP contribution < -0.4 is 0 Å². The summed E-state index contributed by atoms with van der Waals surface area (Å²) in [6.45, 7) is 3.68. The highest BCUT2D eigenvalue weighted by molar-refractivity contribution is 5.89. The lowest BCUT2D eigenvalue weighted by atomic mass is 9.94. The zero-order chi connectivity index (χ0) is 15.7. The molecule has 1 unspecified atom stereocenters. The Bertz CT molecular complexity index is 476. The highest BCUT2D eigenvalue weighted by Crippen LogP contribution is 2.15. The highest BCUT2D eigenvalue weighted by Gasteiger charge is 2.11. The summed E-state index contributed by atoms with van der Waals surface area (Å²) in [5, 5.41) is 0. The minimum atomic E-state index is -0.336. The standard InChI is InChI=1S/C17H22O4/c1-3-21-17(20)16-9-7-14(8-10-16)11-15(12-18)6-4-5-13(2)19/h7-10,12,15H,3-6,11H2,1-2H3. The van der Waals surface area contributed by atoms with Gasteiger partial charge in [-0.1, -0.05) is 12.1 Å². The van der Waals surface area contributed by atoms with E-state index in [4.69, 9.17) is 4.74 Å². The number of ether oxygens (including phenoxy) is 1. The van der Waals surface area contributed by atoms with Gasteiger partial charge < -0.3 is 14.3 Å². The summed E-state index contributed by atoms with van der Waals surface area (Å²) in [6.07, 6.45) is 3.54. The van der Waals surface area contributed by atoms with Gasteiger partial charge in [-0.25, -0.2) is 4.79 Å². The molecule has 21 heavy (non-hydrogen) atoms. The van der Waals surface area contributed by atoms with Gasteiger partial charge >= 0.3 is 5.97 Å². The summed E-state index contributed by atoms with van der Waals surface area (Å²) < 4.78 is 4.92. The van der Waals surface area contributed by atoms with Crippen LogP contribution in [0.5, 0.6) is 0 Å². The van der Waals surface area contributed by atoms with E-state index in [0.29, 0.717) is 31.4 Å². The van der Waals surface area contributed by atoms with Crippen LogP contribution in [0.4, 0.5) is 0 Å². The zero-order valence-electron chi connectivity index (χ0n) is 12.6. The topological polar surface area (TPSA) is 60.4 Å². The Hall–Kier alpha value is -1.97. The molecule has 1 aromatic rings. The maximum absolute atomic E-state index is 11.5. The first-order chi connectivity index (χ1) is 10.1. The van der Waals surface area contributed by atoms with Crippen molar-refractivity contribution in [2.45, 2.75) is 39.5 Å². The van der Waals surface area contributed by atoms with Crippen LogP contribution in [0.3, 0.4) is 0 Å². The Kier molecular flexibility index (Phi) is 7.37. The molecule has 0 spiro atoms. The van der Waals surface area contributed by atoms with Crippen LogP contribution in [-0.2, 0) is 20.7 Å². The fourth-order valence-electron chi connectivity index (χ4n) is 2.13. The van der Waals surface area contributed by atoms with Crippen LogP contribution in [0, 0.1) is 5.92 Å². The molecule has 0 saturated heterocycles. The van der Waals surface area contributed by atoms with Crippen molar-refractivity contribution in [3.8, 4) is 0 Å². The molecule has 0 saturated carbocycles. The number of rotatable bonds is 9. The highest BCUT2D eigenvalue weighted by atomic mass is 16.5. The Labute approximate surface area is 125 Å². The van der Waals surface area contributed by atoms with Crippen molar-refractivity contribution in [3.05, 3.63) is 35.4 Å². The third-order valence-corrected chi connectivity index (χ3v) is 3.26. The quantitative estimate of drug-likeness (QED) is 0.518. The first-order valence-electron chi connectivity index (χ1n) is 7.27. The SMILES string of the molecule is CCOC(=O)c1ccc(CC(C=O)CCCC(C)=O)cc1. The number of esters is 1. The first kappa shape index (κ1) is 17.1. The van der Waals surface area contributed by atoms with Crippen LogP contribution in [0.1, 0.15) is 49.0 Å². The van der Waals surface area contributed by atoms with E-state index in [0.717, 1.165) is 18.3 Å². The molecule has 0 aliphatic carbocycles. The summed E-state index contributed by atoms with van der Waals surface area (Å²) in [5.74, 6) is -0.270. The second kappa shape index (κ2) is 9.06. The lowest BCUT2D eigenvalue weighted by molar-refractivity contribution is -0.117. The van der Waals surface area contributed by atoms with Crippen molar-refractivity contribution in [1.82, 2.24) is 0 Å². The van der Waals surface area contributed by atoms with Crippen LogP contribution in [0.15, 0.2) is 24.3 Å². The van der Waals surface area contributed by atoms with E-state index in [-0.39, 0.29) is 17.7 Å². The maximum atomic E-state index is 11.5. The van der Waals surface area contributed by atoms with Crippen LogP contribution in [0.2, 0.25) is 0 Å². The van der Waals surface area contributed by atoms with Crippen molar-refractivity contribution in [2.75, 3.05) is 6.61 Å². The van der Waals surface area contributed by atoms with Crippen molar-refractivity contribution < 1.29 is 19.1 Å². The maximum Gasteiger partial charge on any atom is 0.338 e. The van der Waals surface area contributed by atoms with Gasteiger partial charge in [0.2, 0.25) is 0 Å². The number of hydrogen-bond acceptors (Lipinski definition) is 4. The molecule has 0 aromatic heterocycles. The van der Waals surface area contributed by atoms with Gasteiger partial charge in [-0.15, -0.1) is 0 Å². The molecule has 0 fully saturated rings. The molecule has 4 heteroatoms. The molecule has 0 aliphatic heterocycles. The smallest absolute Gasteiger partial charge is 0.338 e. The summed E-state index contributed by atoms with van der Waals surface area (Å²) in [4.78, 5) is 33.5. The molecule has 0 amide bonds. The fourth-order valence-corrected chi connectivity index (χ4v) is 2.13. The van der Waals surface area contributed by atoms with Gasteiger partial charge in [0.1, 0.15) is 12.1 Å². The van der Waals surface area contributed by atoms with E-state index in [9.17, 15) is 14.4 Å². The van der Waals surface area contributed by atoms with E-state index in [1.54, 1.807) is 26.0 Å². The Morgan fingerprint density at radius 1 is 1.24 bits per heavy atom. The van der Waals surface area contributed by atoms with Gasteiger partial charge in [-0.3, -0.25) is 0 Å². The van der Waals surface area contributed by atoms with Crippen LogP contribution >= 0.6 is 0 Å². The minimum Gasteiger partial charge on any atom is -0.462 e. The number of benzene rings is 1. The Morgan fingerprint density at radius 2 is 1.90 bits per heavy atom. The normalized spacial score (nSPS) is 11.7. The fraction of sp³-hybridized carbons (Fsp3) is 0.471. The van der Waals surface area contributed by atoms with Gasteiger partial charge in [0.25, 0.3) is 0 Å². The predicted octanol–water partition coefficient (Wildman–Crippen LogP) is 2.98. The van der Waals surface area contributed by atoms with Gasteiger partial charge in [0.15, 0.2) is 0 Å². The summed E-state index contributed by atoms with van der Waals surface area (Å²) in [6, 6.07) is 7.11. The van der Waals surface area contributed by atoms with E-state index >= 15 is 0 Å². The molecule has 1 aromatic carbocycles. The summed E-state index contributed by atoms with van der Waals surface area (Å²) >= 11 is 0. The largest absolute Gasteiger partial charge is 0.462 e. The Morgan fingerprint density at radius 3 is 2.43 bits per heavy atom. The predicted molar refractivity (Wildman–Crippen MR) is 80.2 cm³/mol. The van der Waals surface area contributed by atoms with Gasteiger partial charge in [-0.05, 0) is 50.8 Å². The number of ketones is 1. The molecular formula is C17H22O4. The molecule has 1 atom stereocenters. The van der Waals surface area contributed by atoms with Crippen LogP contribution in [-0.4, -0.2) is 24.6 Å². The molecular weight excluding hydrogens is 268 g/mol. The third kappa shape index (κ3) is 6.34. The van der Waals surface area contributed by atoms with Gasteiger partial charge in [-0.2, -0.15) is 0 Å². The molecule has 0 heterocycles. The average Bonchev–Trinajstić information content (AvgIpc) is 2.46. The second-order valence-electron chi connectivity index (χ2n) is 5.11. The average molecular weight is 290 g/mol. The number of carbonyl (C=O) groups excluding carboxylic acids is 3. The molecule has 0 aliphatic rings. The third-order valence-electron chi connectivity index (χ3n) is 3.26. The van der Waals surface area contributed by atoms with Crippen LogP contribution in [0.25, 0.3) is 0 Å². The molecule has 114 valence electrons. The van der Waals surface area contributed by atoms with Gasteiger partial charge in [0, 0.05) is 12.3 Å². The second-order valence-corrected chi connectivity index (χ2v) is 5.11. The molecule has 0 radical (unpaired) electrons. The summed E-state index contributed by atoms with van der Waals surface area (Å²) in [7, 11) is 0. The minimum absolute atomic E-state index is 0.0854. The van der Waals surface area contributed by atoms with Crippen molar-refractivity contribution in [2.24, 2.45) is 5.92 Å². The molecule has 1 rings (SSSR count). The first-order valence-corrected chi connectivity index (χ1v) is 7.27. The zero-order valence-corrected chi connectivity index (χ0v) is 12.6. The van der Waals surface area contributed by atoms with Gasteiger partial charge in [0.05, 0.1) is 12.2 Å². The number of carbonyl (C=O) groups is 3. The van der Waals surface area contributed by atoms with Crippen molar-refractivity contribution in [3.63, 3.8) is 0 Å². The monoisotopic (exact) mass is 290 g/mol. The van der Waals surface area contributed by atoms with E-state index < -0.39 is 0 Å². The molecule has 0 N–H and O–H groups in total. The Balaban J connectivity index is 2.54. The number of aldehydes is 1. The molecule has 4 nitrogen and oxygen atoms in total.